The summed E-state index contributed by atoms with van der Waals surface area (Å²) in [6, 6.07) is 0. The summed E-state index contributed by atoms with van der Waals surface area (Å²) >= 11 is 0. The lowest BCUT2D eigenvalue weighted by Gasteiger charge is -2.16. The van der Waals surface area contributed by atoms with Crippen molar-refractivity contribution in [2.45, 2.75) is 50.7 Å². The molecule has 3 rings (SSSR count). The molecule has 0 aromatic carbocycles. The number of carbonyl (C=O) groups excluding carboxylic acids is 1. The van der Waals surface area contributed by atoms with Gasteiger partial charge in [0.2, 0.25) is 11.8 Å². The third kappa shape index (κ3) is 3.80. The lowest BCUT2D eigenvalue weighted by Crippen LogP contribution is -2.34. The minimum Gasteiger partial charge on any atom is -0.479 e. The van der Waals surface area contributed by atoms with Gasteiger partial charge in [-0.25, -0.2) is 4.98 Å². The summed E-state index contributed by atoms with van der Waals surface area (Å²) in [7, 11) is 1.41. The molecule has 0 aliphatic carbocycles. The van der Waals surface area contributed by atoms with Crippen molar-refractivity contribution in [2.24, 2.45) is 0 Å². The first-order valence-electron chi connectivity index (χ1n) is 9.06. The predicted molar refractivity (Wildman–Crippen MR) is 92.7 cm³/mol. The minimum atomic E-state index is -1.32. The number of imidazole rings is 1. The maximum atomic E-state index is 11.7. The van der Waals surface area contributed by atoms with Gasteiger partial charge in [0.05, 0.1) is 13.4 Å². The maximum absolute atomic E-state index is 11.7. The average molecular weight is 382 g/mol. The van der Waals surface area contributed by atoms with Crippen molar-refractivity contribution >= 4 is 23.1 Å². The van der Waals surface area contributed by atoms with Crippen molar-refractivity contribution in [2.75, 3.05) is 19.5 Å². The van der Waals surface area contributed by atoms with E-state index in [1.54, 1.807) is 6.92 Å². The number of nitrogens with two attached hydrogens (primary N) is 1. The fourth-order valence-corrected chi connectivity index (χ4v) is 2.83. The number of ether oxygens (including phenoxy) is 3. The zero-order chi connectivity index (χ0) is 20.4. The van der Waals surface area contributed by atoms with Crippen molar-refractivity contribution in [1.82, 2.24) is 19.5 Å². The molecule has 2 aromatic rings. The van der Waals surface area contributed by atoms with Gasteiger partial charge in [0.25, 0.3) is 0 Å². The van der Waals surface area contributed by atoms with Crippen LogP contribution in [0.15, 0.2) is 6.33 Å². The van der Waals surface area contributed by atoms with Crippen molar-refractivity contribution in [3.63, 3.8) is 0 Å². The van der Waals surface area contributed by atoms with Crippen LogP contribution in [-0.2, 0) is 14.3 Å². The second kappa shape index (κ2) is 8.03. The number of fused-ring (bicyclic) bond motifs is 1. The number of aliphatic hydroxyl groups is 2. The number of carbonyl (C=O) groups is 1. The number of aliphatic hydroxyl groups excluding tert-OH is 2. The van der Waals surface area contributed by atoms with Crippen LogP contribution in [0.4, 0.5) is 5.95 Å². The topological polar surface area (TPSA) is 155 Å². The highest BCUT2D eigenvalue weighted by Crippen LogP contribution is 2.33. The first kappa shape index (κ1) is 17.9. The number of rotatable bonds is 7. The summed E-state index contributed by atoms with van der Waals surface area (Å²) < 4.78 is 24.9. The van der Waals surface area contributed by atoms with Crippen molar-refractivity contribution in [3.05, 3.63) is 6.33 Å². The van der Waals surface area contributed by atoms with E-state index in [4.69, 9.17) is 21.3 Å². The Bertz CT molecular complexity index is 848. The third-order valence-corrected chi connectivity index (χ3v) is 4.22. The summed E-state index contributed by atoms with van der Waals surface area (Å²) in [6.45, 7) is 1.55. The molecule has 1 aliphatic heterocycles. The number of hydrogen-bond donors (Lipinski definition) is 3. The molecular weight excluding hydrogens is 358 g/mol. The lowest BCUT2D eigenvalue weighted by atomic mass is 10.1. The second-order valence-electron chi connectivity index (χ2n) is 6.05. The maximum Gasteiger partial charge on any atom is 0.305 e. The monoisotopic (exact) mass is 382 g/mol. The molecule has 1 aliphatic rings. The summed E-state index contributed by atoms with van der Waals surface area (Å²) in [5.41, 5.74) is 6.26. The van der Waals surface area contributed by atoms with Crippen LogP contribution in [-0.4, -0.2) is 67.7 Å². The van der Waals surface area contributed by atoms with Crippen molar-refractivity contribution in [1.29, 1.82) is 0 Å². The van der Waals surface area contributed by atoms with Gasteiger partial charge in [-0.1, -0.05) is 13.3 Å². The molecule has 0 spiro atoms. The van der Waals surface area contributed by atoms with Crippen LogP contribution in [0.2, 0.25) is 0 Å². The van der Waals surface area contributed by atoms with Crippen LogP contribution in [0.5, 0.6) is 5.88 Å². The van der Waals surface area contributed by atoms with Crippen LogP contribution < -0.4 is 10.5 Å². The lowest BCUT2D eigenvalue weighted by molar-refractivity contribution is -0.150. The highest BCUT2D eigenvalue weighted by molar-refractivity contribution is 5.77. The summed E-state index contributed by atoms with van der Waals surface area (Å²) in [6.07, 6.45) is -3.29. The van der Waals surface area contributed by atoms with Gasteiger partial charge in [-0.15, -0.1) is 0 Å². The number of nitrogen functional groups attached to an aromatic ring is 1. The number of methoxy groups -OCH3 is 1. The van der Waals surface area contributed by atoms with Gasteiger partial charge in [0.1, 0.15) is 24.9 Å². The fraction of sp³-hybridized carbons (Fsp3) is 0.625. The molecule has 2 unspecified atom stereocenters. The highest BCUT2D eigenvalue weighted by atomic mass is 16.6. The van der Waals surface area contributed by atoms with E-state index in [0.717, 1.165) is 0 Å². The number of aromatic nitrogens is 4. The first-order valence-corrected chi connectivity index (χ1v) is 8.49. The zero-order valence-electron chi connectivity index (χ0n) is 16.0. The Balaban J connectivity index is 1.75. The molecule has 1 saturated heterocycles. The molecule has 3 heterocycles. The molecule has 4 N–H and O–H groups in total. The SMILES string of the molecule is [2H]C(CC)CC(=O)OC[C@H]1OC(n2cnc3c(OC)nc(N)nc32)[C@@H](O)[C@@H]1O. The number of hydrogen-bond acceptors (Lipinski definition) is 10. The highest BCUT2D eigenvalue weighted by Gasteiger charge is 2.45. The molecule has 0 bridgehead atoms. The zero-order valence-corrected chi connectivity index (χ0v) is 15.0. The summed E-state index contributed by atoms with van der Waals surface area (Å²) in [5, 5.41) is 20.7. The van der Waals surface area contributed by atoms with Crippen LogP contribution in [0, 0.1) is 0 Å². The molecule has 11 heteroatoms. The van der Waals surface area contributed by atoms with Gasteiger partial charge in [0.15, 0.2) is 17.4 Å². The van der Waals surface area contributed by atoms with Gasteiger partial charge in [-0.3, -0.25) is 9.36 Å². The van der Waals surface area contributed by atoms with Crippen molar-refractivity contribution in [3.8, 4) is 5.88 Å². The Hall–Kier alpha value is -2.50. The third-order valence-electron chi connectivity index (χ3n) is 4.22. The molecule has 148 valence electrons. The Morgan fingerprint density at radius 1 is 1.44 bits per heavy atom. The van der Waals surface area contributed by atoms with E-state index < -0.39 is 36.9 Å². The second-order valence-corrected chi connectivity index (χ2v) is 6.05. The van der Waals surface area contributed by atoms with Gasteiger partial charge >= 0.3 is 5.97 Å². The van der Waals surface area contributed by atoms with E-state index in [-0.39, 0.29) is 30.5 Å². The van der Waals surface area contributed by atoms with Crippen LogP contribution in [0.1, 0.15) is 33.8 Å². The van der Waals surface area contributed by atoms with E-state index in [0.29, 0.717) is 11.9 Å². The van der Waals surface area contributed by atoms with Crippen LogP contribution >= 0.6 is 0 Å². The Morgan fingerprint density at radius 3 is 2.93 bits per heavy atom. The van der Waals surface area contributed by atoms with Crippen LogP contribution in [0.25, 0.3) is 11.2 Å². The quantitative estimate of drug-likeness (QED) is 0.547. The molecular formula is C16H23N5O6. The van der Waals surface area contributed by atoms with E-state index in [2.05, 4.69) is 15.0 Å². The smallest absolute Gasteiger partial charge is 0.305 e. The number of esters is 1. The first-order chi connectivity index (χ1) is 13.3. The van der Waals surface area contributed by atoms with E-state index in [9.17, 15) is 15.0 Å². The Labute approximate surface area is 156 Å². The van der Waals surface area contributed by atoms with E-state index in [1.165, 1.54) is 18.0 Å². The van der Waals surface area contributed by atoms with E-state index >= 15 is 0 Å². The Morgan fingerprint density at radius 2 is 2.22 bits per heavy atom. The summed E-state index contributed by atoms with van der Waals surface area (Å²) in [4.78, 5) is 23.9. The molecule has 5 atom stereocenters. The molecule has 0 radical (unpaired) electrons. The van der Waals surface area contributed by atoms with E-state index in [1.807, 2.05) is 0 Å². The number of anilines is 1. The van der Waals surface area contributed by atoms with Gasteiger partial charge in [-0.2, -0.15) is 9.97 Å². The largest absolute Gasteiger partial charge is 0.479 e. The van der Waals surface area contributed by atoms with Gasteiger partial charge in [0, 0.05) is 7.79 Å². The average Bonchev–Trinajstić information content (AvgIpc) is 3.21. The standard InChI is InChI=1S/C16H23N5O6/c1-3-4-5-9(22)26-6-8-11(23)12(24)15(27-8)21-7-18-10-13(21)19-16(17)20-14(10)25-2/h7-8,11-12,15,23-24H,3-6H2,1-2H3,(H2,17,19,20)/t8-,11-,12+,15?/m1/s1/i4D/t4?,8-,11-,12+,15?. The number of nitrogens with zero attached hydrogens (tertiary/aromatic N) is 4. The van der Waals surface area contributed by atoms with Gasteiger partial charge in [-0.05, 0) is 6.40 Å². The molecule has 2 aromatic heterocycles. The fourth-order valence-electron chi connectivity index (χ4n) is 2.83. The van der Waals surface area contributed by atoms with Crippen molar-refractivity contribution < 1.29 is 30.6 Å². The normalized spacial score (nSPS) is 26.7. The molecule has 11 nitrogen and oxygen atoms in total. The minimum absolute atomic E-state index is 0.0482. The molecule has 27 heavy (non-hydrogen) atoms. The predicted octanol–water partition coefficient (Wildman–Crippen LogP) is -0.230. The Kier molecular flexibility index (Phi) is 5.32. The molecule has 0 amide bonds. The molecule has 0 saturated carbocycles. The van der Waals surface area contributed by atoms with Crippen LogP contribution in [0.3, 0.4) is 0 Å². The summed E-state index contributed by atoms with van der Waals surface area (Å²) in [5.74, 6) is -0.444. The molecule has 1 fully saturated rings. The van der Waals surface area contributed by atoms with Gasteiger partial charge < -0.3 is 30.2 Å².